The molecule has 3 nitrogen and oxygen atoms in total. The largest absolute Gasteiger partial charge is 0.431 e. The SMILES string of the molecule is CC(=O)OC1=CC(=O)CCCC1. The highest BCUT2D eigenvalue weighted by Crippen LogP contribution is 2.15. The topological polar surface area (TPSA) is 43.4 Å². The predicted molar refractivity (Wildman–Crippen MR) is 43.3 cm³/mol. The molecule has 0 aromatic heterocycles. The third-order valence-corrected chi connectivity index (χ3v) is 1.69. The van der Waals surface area contributed by atoms with Crippen LogP contribution in [0.25, 0.3) is 0 Å². The van der Waals surface area contributed by atoms with Crippen LogP contribution in [0.4, 0.5) is 0 Å². The van der Waals surface area contributed by atoms with Crippen LogP contribution in [-0.2, 0) is 14.3 Å². The predicted octanol–water partition coefficient (Wildman–Crippen LogP) is 1.58. The fraction of sp³-hybridized carbons (Fsp3) is 0.556. The van der Waals surface area contributed by atoms with E-state index in [0.29, 0.717) is 18.6 Å². The maximum atomic E-state index is 11.0. The van der Waals surface area contributed by atoms with Crippen LogP contribution in [0, 0.1) is 0 Å². The highest BCUT2D eigenvalue weighted by Gasteiger charge is 2.10. The summed E-state index contributed by atoms with van der Waals surface area (Å²) in [5.41, 5.74) is 0. The molecule has 1 aliphatic carbocycles. The van der Waals surface area contributed by atoms with Gasteiger partial charge in [-0.25, -0.2) is 0 Å². The summed E-state index contributed by atoms with van der Waals surface area (Å²) in [5.74, 6) is 0.227. The van der Waals surface area contributed by atoms with Gasteiger partial charge in [0.25, 0.3) is 0 Å². The van der Waals surface area contributed by atoms with Crippen molar-refractivity contribution in [2.45, 2.75) is 32.6 Å². The summed E-state index contributed by atoms with van der Waals surface area (Å²) in [5, 5.41) is 0. The molecule has 12 heavy (non-hydrogen) atoms. The van der Waals surface area contributed by atoms with Crippen LogP contribution in [0.15, 0.2) is 11.8 Å². The zero-order valence-electron chi connectivity index (χ0n) is 7.13. The molecule has 0 aromatic carbocycles. The van der Waals surface area contributed by atoms with Crippen molar-refractivity contribution in [2.24, 2.45) is 0 Å². The number of carbonyl (C=O) groups is 2. The lowest BCUT2D eigenvalue weighted by Crippen LogP contribution is -1.99. The Balaban J connectivity index is 2.59. The monoisotopic (exact) mass is 168 g/mol. The first kappa shape index (κ1) is 8.97. The van der Waals surface area contributed by atoms with Gasteiger partial charge in [0, 0.05) is 25.8 Å². The lowest BCUT2D eigenvalue weighted by atomic mass is 10.2. The van der Waals surface area contributed by atoms with E-state index in [4.69, 9.17) is 4.74 Å². The van der Waals surface area contributed by atoms with Gasteiger partial charge in [-0.05, 0) is 12.8 Å². The Bertz CT molecular complexity index is 228. The van der Waals surface area contributed by atoms with Crippen molar-refractivity contribution >= 4 is 11.8 Å². The van der Waals surface area contributed by atoms with Crippen molar-refractivity contribution in [3.63, 3.8) is 0 Å². The zero-order chi connectivity index (χ0) is 8.97. The molecule has 0 saturated carbocycles. The second-order valence-electron chi connectivity index (χ2n) is 2.88. The maximum absolute atomic E-state index is 11.0. The van der Waals surface area contributed by atoms with Gasteiger partial charge >= 0.3 is 5.97 Å². The third kappa shape index (κ3) is 2.86. The molecule has 0 amide bonds. The highest BCUT2D eigenvalue weighted by molar-refractivity contribution is 5.90. The van der Waals surface area contributed by atoms with Crippen LogP contribution in [-0.4, -0.2) is 11.8 Å². The number of esters is 1. The number of hydrogen-bond donors (Lipinski definition) is 0. The minimum atomic E-state index is -0.351. The van der Waals surface area contributed by atoms with Crippen molar-refractivity contribution in [1.82, 2.24) is 0 Å². The van der Waals surface area contributed by atoms with Crippen LogP contribution in [0.1, 0.15) is 32.6 Å². The number of rotatable bonds is 1. The summed E-state index contributed by atoms with van der Waals surface area (Å²) in [6.07, 6.45) is 4.52. The van der Waals surface area contributed by atoms with Gasteiger partial charge in [-0.3, -0.25) is 9.59 Å². The third-order valence-electron chi connectivity index (χ3n) is 1.69. The molecule has 0 unspecified atom stereocenters. The van der Waals surface area contributed by atoms with E-state index >= 15 is 0 Å². The van der Waals surface area contributed by atoms with Crippen molar-refractivity contribution in [1.29, 1.82) is 0 Å². The van der Waals surface area contributed by atoms with Crippen LogP contribution in [0.2, 0.25) is 0 Å². The molecule has 66 valence electrons. The Morgan fingerprint density at radius 2 is 2.08 bits per heavy atom. The molecule has 3 heteroatoms. The normalized spacial score (nSPS) is 18.1. The molecule has 0 spiro atoms. The minimum Gasteiger partial charge on any atom is -0.431 e. The Hall–Kier alpha value is -1.12. The van der Waals surface area contributed by atoms with Crippen LogP contribution in [0.3, 0.4) is 0 Å². The zero-order valence-corrected chi connectivity index (χ0v) is 7.13. The number of allylic oxidation sites excluding steroid dienone is 2. The molecule has 0 radical (unpaired) electrons. The van der Waals surface area contributed by atoms with Gasteiger partial charge in [-0.1, -0.05) is 0 Å². The molecule has 0 heterocycles. The summed E-state index contributed by atoms with van der Waals surface area (Å²) in [6.45, 7) is 1.34. The molecule has 1 rings (SSSR count). The van der Waals surface area contributed by atoms with E-state index < -0.39 is 0 Å². The Morgan fingerprint density at radius 3 is 2.75 bits per heavy atom. The summed E-state index contributed by atoms with van der Waals surface area (Å²) in [4.78, 5) is 21.6. The number of carbonyl (C=O) groups excluding carboxylic acids is 2. The van der Waals surface area contributed by atoms with E-state index in [1.807, 2.05) is 0 Å². The quantitative estimate of drug-likeness (QED) is 0.558. The summed E-state index contributed by atoms with van der Waals surface area (Å²) in [7, 11) is 0. The maximum Gasteiger partial charge on any atom is 0.307 e. The molecule has 0 aliphatic heterocycles. The molecule has 0 aromatic rings. The standard InChI is InChI=1S/C9H12O3/c1-7(10)12-9-5-3-2-4-8(11)6-9/h6H,2-5H2,1H3. The summed E-state index contributed by atoms with van der Waals surface area (Å²) < 4.78 is 4.84. The van der Waals surface area contributed by atoms with E-state index in [1.165, 1.54) is 13.0 Å². The molecular weight excluding hydrogens is 156 g/mol. The fourth-order valence-corrected chi connectivity index (χ4v) is 1.19. The Kier molecular flexibility index (Phi) is 3.02. The summed E-state index contributed by atoms with van der Waals surface area (Å²) >= 11 is 0. The van der Waals surface area contributed by atoms with Crippen LogP contribution < -0.4 is 0 Å². The second kappa shape index (κ2) is 4.04. The van der Waals surface area contributed by atoms with Crippen LogP contribution in [0.5, 0.6) is 0 Å². The average Bonchev–Trinajstić information content (AvgIpc) is 2.12. The van der Waals surface area contributed by atoms with E-state index in [-0.39, 0.29) is 11.8 Å². The Labute approximate surface area is 71.4 Å². The molecule has 0 saturated heterocycles. The fourth-order valence-electron chi connectivity index (χ4n) is 1.19. The van der Waals surface area contributed by atoms with Crippen molar-refractivity contribution in [3.8, 4) is 0 Å². The van der Waals surface area contributed by atoms with Gasteiger partial charge in [0.05, 0.1) is 0 Å². The lowest BCUT2D eigenvalue weighted by Gasteiger charge is -2.02. The number of ether oxygens (including phenoxy) is 1. The average molecular weight is 168 g/mol. The molecule has 0 atom stereocenters. The molecule has 0 fully saturated rings. The smallest absolute Gasteiger partial charge is 0.307 e. The van der Waals surface area contributed by atoms with Crippen LogP contribution >= 0.6 is 0 Å². The second-order valence-corrected chi connectivity index (χ2v) is 2.88. The van der Waals surface area contributed by atoms with Crippen molar-refractivity contribution in [3.05, 3.63) is 11.8 Å². The van der Waals surface area contributed by atoms with Crippen molar-refractivity contribution < 1.29 is 14.3 Å². The van der Waals surface area contributed by atoms with Crippen molar-refractivity contribution in [2.75, 3.05) is 0 Å². The minimum absolute atomic E-state index is 0.0590. The molecule has 0 bridgehead atoms. The molecule has 0 N–H and O–H groups in total. The Morgan fingerprint density at radius 1 is 1.42 bits per heavy atom. The van der Waals surface area contributed by atoms with E-state index in [0.717, 1.165) is 12.8 Å². The van der Waals surface area contributed by atoms with Gasteiger partial charge in [0.1, 0.15) is 5.76 Å². The van der Waals surface area contributed by atoms with Gasteiger partial charge in [-0.2, -0.15) is 0 Å². The molecular formula is C9H12O3. The highest BCUT2D eigenvalue weighted by atomic mass is 16.5. The van der Waals surface area contributed by atoms with Gasteiger partial charge in [0.2, 0.25) is 0 Å². The van der Waals surface area contributed by atoms with E-state index in [1.54, 1.807) is 0 Å². The first-order valence-corrected chi connectivity index (χ1v) is 4.10. The first-order chi connectivity index (χ1) is 5.68. The first-order valence-electron chi connectivity index (χ1n) is 4.10. The summed E-state index contributed by atoms with van der Waals surface area (Å²) in [6, 6.07) is 0. The van der Waals surface area contributed by atoms with E-state index in [2.05, 4.69) is 0 Å². The van der Waals surface area contributed by atoms with Gasteiger partial charge < -0.3 is 4.74 Å². The lowest BCUT2D eigenvalue weighted by molar-refractivity contribution is -0.137. The number of ketones is 1. The number of hydrogen-bond acceptors (Lipinski definition) is 3. The molecule has 1 aliphatic rings. The van der Waals surface area contributed by atoms with Gasteiger partial charge in [0.15, 0.2) is 5.78 Å². The van der Waals surface area contributed by atoms with Gasteiger partial charge in [-0.15, -0.1) is 0 Å². The van der Waals surface area contributed by atoms with E-state index in [9.17, 15) is 9.59 Å².